The van der Waals surface area contributed by atoms with Crippen LogP contribution in [0.15, 0.2) is 0 Å². The Kier molecular flexibility index (Phi) is 3.75. The first-order valence-electron chi connectivity index (χ1n) is 9.05. The Bertz CT molecular complexity index is 558. The second-order valence-electron chi connectivity index (χ2n) is 9.57. The highest BCUT2D eigenvalue weighted by Gasteiger charge is 2.73. The molecule has 2 aliphatic carbocycles. The predicted molar refractivity (Wildman–Crippen MR) is 90.5 cm³/mol. The van der Waals surface area contributed by atoms with E-state index in [4.69, 9.17) is 9.47 Å². The molecule has 0 unspecified atom stereocenters. The third kappa shape index (κ3) is 2.26. The second-order valence-corrected chi connectivity index (χ2v) is 9.57. The standard InChI is InChI=1S/C19H31NO4/c1-16(2,3)24-15(22)20-12-19(10-13(20)14(21)23-6)11-18(8-7-9-18)17(19,4)5/h13H,7-12H2,1-6H3/t13-,19+/m0/s1. The van der Waals surface area contributed by atoms with E-state index < -0.39 is 17.7 Å². The zero-order valence-corrected chi connectivity index (χ0v) is 15.9. The number of ether oxygens (including phenoxy) is 2. The number of esters is 1. The van der Waals surface area contributed by atoms with Crippen LogP contribution in [0.5, 0.6) is 0 Å². The molecule has 0 aromatic carbocycles. The second kappa shape index (κ2) is 5.12. The van der Waals surface area contributed by atoms with Crippen LogP contribution in [0.2, 0.25) is 0 Å². The van der Waals surface area contributed by atoms with Gasteiger partial charge in [-0.2, -0.15) is 0 Å². The molecule has 0 radical (unpaired) electrons. The molecular formula is C19H31NO4. The van der Waals surface area contributed by atoms with E-state index in [1.54, 1.807) is 4.90 Å². The lowest BCUT2D eigenvalue weighted by Crippen LogP contribution is -2.66. The van der Waals surface area contributed by atoms with Crippen LogP contribution in [-0.4, -0.2) is 42.3 Å². The van der Waals surface area contributed by atoms with Crippen molar-refractivity contribution in [1.29, 1.82) is 0 Å². The molecule has 0 bridgehead atoms. The molecule has 1 heterocycles. The number of hydrogen-bond donors (Lipinski definition) is 0. The van der Waals surface area contributed by atoms with Crippen molar-refractivity contribution in [1.82, 2.24) is 4.90 Å². The van der Waals surface area contributed by atoms with Gasteiger partial charge in [0, 0.05) is 6.54 Å². The monoisotopic (exact) mass is 337 g/mol. The van der Waals surface area contributed by atoms with Gasteiger partial charge in [0.15, 0.2) is 0 Å². The van der Waals surface area contributed by atoms with Crippen molar-refractivity contribution < 1.29 is 19.1 Å². The normalized spacial score (nSPS) is 33.1. The van der Waals surface area contributed by atoms with Crippen LogP contribution in [0.25, 0.3) is 0 Å². The minimum Gasteiger partial charge on any atom is -0.467 e. The fourth-order valence-electron chi connectivity index (χ4n) is 5.37. The summed E-state index contributed by atoms with van der Waals surface area (Å²) in [6.45, 7) is 10.8. The molecule has 2 saturated carbocycles. The van der Waals surface area contributed by atoms with E-state index in [0.29, 0.717) is 18.4 Å². The van der Waals surface area contributed by atoms with Crippen LogP contribution in [-0.2, 0) is 14.3 Å². The van der Waals surface area contributed by atoms with Gasteiger partial charge in [-0.05, 0) is 62.7 Å². The zero-order valence-electron chi connectivity index (χ0n) is 15.9. The number of rotatable bonds is 1. The highest BCUT2D eigenvalue weighted by Crippen LogP contribution is 2.77. The minimum absolute atomic E-state index is 0.00316. The highest BCUT2D eigenvalue weighted by atomic mass is 16.6. The average molecular weight is 337 g/mol. The van der Waals surface area contributed by atoms with E-state index in [9.17, 15) is 9.59 Å². The van der Waals surface area contributed by atoms with Gasteiger partial charge in [-0.25, -0.2) is 9.59 Å². The van der Waals surface area contributed by atoms with E-state index in [2.05, 4.69) is 13.8 Å². The van der Waals surface area contributed by atoms with Gasteiger partial charge in [0.25, 0.3) is 0 Å². The number of likely N-dealkylation sites (tertiary alicyclic amines) is 1. The molecule has 3 aliphatic rings. The van der Waals surface area contributed by atoms with Gasteiger partial charge in [-0.15, -0.1) is 0 Å². The summed E-state index contributed by atoms with van der Waals surface area (Å²) >= 11 is 0. The molecule has 1 saturated heterocycles. The number of carbonyl (C=O) groups excluding carboxylic acids is 2. The van der Waals surface area contributed by atoms with Crippen LogP contribution in [0.4, 0.5) is 4.79 Å². The molecule has 5 nitrogen and oxygen atoms in total. The van der Waals surface area contributed by atoms with E-state index >= 15 is 0 Å². The molecule has 1 aliphatic heterocycles. The zero-order chi connectivity index (χ0) is 18.0. The molecule has 0 N–H and O–H groups in total. The Morgan fingerprint density at radius 3 is 2.17 bits per heavy atom. The first-order chi connectivity index (χ1) is 11.0. The fourth-order valence-corrected chi connectivity index (χ4v) is 5.37. The number of hydrogen-bond acceptors (Lipinski definition) is 4. The summed E-state index contributed by atoms with van der Waals surface area (Å²) in [5.41, 5.74) is -0.0140. The Morgan fingerprint density at radius 1 is 1.12 bits per heavy atom. The maximum atomic E-state index is 12.7. The first-order valence-corrected chi connectivity index (χ1v) is 9.05. The van der Waals surface area contributed by atoms with Crippen molar-refractivity contribution in [2.24, 2.45) is 16.2 Å². The van der Waals surface area contributed by atoms with Crippen LogP contribution in [0.3, 0.4) is 0 Å². The number of amides is 1. The predicted octanol–water partition coefficient (Wildman–Crippen LogP) is 3.76. The van der Waals surface area contributed by atoms with Gasteiger partial charge in [0.2, 0.25) is 0 Å². The smallest absolute Gasteiger partial charge is 0.411 e. The van der Waals surface area contributed by atoms with Crippen molar-refractivity contribution in [3.05, 3.63) is 0 Å². The lowest BCUT2D eigenvalue weighted by Gasteiger charge is -2.72. The van der Waals surface area contributed by atoms with Crippen molar-refractivity contribution in [3.8, 4) is 0 Å². The largest absolute Gasteiger partial charge is 0.467 e. The number of carbonyl (C=O) groups is 2. The number of nitrogens with zero attached hydrogens (tertiary/aromatic N) is 1. The Balaban J connectivity index is 1.84. The summed E-state index contributed by atoms with van der Waals surface area (Å²) in [6, 6.07) is -0.526. The molecule has 2 atom stereocenters. The molecule has 3 fully saturated rings. The lowest BCUT2D eigenvalue weighted by atomic mass is 9.32. The lowest BCUT2D eigenvalue weighted by molar-refractivity contribution is -0.231. The van der Waals surface area contributed by atoms with Gasteiger partial charge in [0.05, 0.1) is 7.11 Å². The van der Waals surface area contributed by atoms with Crippen LogP contribution in [0, 0.1) is 16.2 Å². The summed E-state index contributed by atoms with van der Waals surface area (Å²) in [4.78, 5) is 26.6. The maximum absolute atomic E-state index is 12.7. The Morgan fingerprint density at radius 2 is 1.75 bits per heavy atom. The topological polar surface area (TPSA) is 55.8 Å². The van der Waals surface area contributed by atoms with Gasteiger partial charge < -0.3 is 9.47 Å². The van der Waals surface area contributed by atoms with Crippen molar-refractivity contribution in [2.45, 2.75) is 78.4 Å². The van der Waals surface area contributed by atoms with E-state index in [1.165, 1.54) is 26.4 Å². The Labute approximate surface area is 145 Å². The van der Waals surface area contributed by atoms with Crippen LogP contribution < -0.4 is 0 Å². The Hall–Kier alpha value is -1.26. The summed E-state index contributed by atoms with van der Waals surface area (Å²) < 4.78 is 10.5. The van der Waals surface area contributed by atoms with Gasteiger partial charge in [0.1, 0.15) is 11.6 Å². The third-order valence-corrected chi connectivity index (χ3v) is 7.17. The minimum atomic E-state index is -0.572. The molecule has 24 heavy (non-hydrogen) atoms. The van der Waals surface area contributed by atoms with Gasteiger partial charge >= 0.3 is 12.1 Å². The third-order valence-electron chi connectivity index (χ3n) is 7.17. The van der Waals surface area contributed by atoms with Gasteiger partial charge in [-0.1, -0.05) is 20.3 Å². The molecule has 0 aromatic rings. The fraction of sp³-hybridized carbons (Fsp3) is 0.895. The van der Waals surface area contributed by atoms with E-state index in [1.807, 2.05) is 20.8 Å². The van der Waals surface area contributed by atoms with Crippen LogP contribution >= 0.6 is 0 Å². The molecule has 2 spiro atoms. The molecule has 0 aromatic heterocycles. The molecule has 5 heteroatoms. The molecule has 3 rings (SSSR count). The van der Waals surface area contributed by atoms with Crippen molar-refractivity contribution in [3.63, 3.8) is 0 Å². The summed E-state index contributed by atoms with van der Waals surface area (Å²) in [6.07, 6.45) is 5.25. The SMILES string of the molecule is COC(=O)[C@@H]1C[C@]2(CN1C(=O)OC(C)(C)C)CC1(CCC1)C2(C)C. The molecule has 1 amide bonds. The van der Waals surface area contributed by atoms with Gasteiger partial charge in [-0.3, -0.25) is 4.90 Å². The summed E-state index contributed by atoms with van der Waals surface area (Å²) in [7, 11) is 1.39. The average Bonchev–Trinajstić information content (AvgIpc) is 2.82. The maximum Gasteiger partial charge on any atom is 0.411 e. The van der Waals surface area contributed by atoms with Crippen molar-refractivity contribution >= 4 is 12.1 Å². The first kappa shape index (κ1) is 17.6. The number of methoxy groups -OCH3 is 1. The summed E-state index contributed by atoms with van der Waals surface area (Å²) in [5.74, 6) is -0.330. The van der Waals surface area contributed by atoms with E-state index in [-0.39, 0.29) is 16.8 Å². The summed E-state index contributed by atoms with van der Waals surface area (Å²) in [5, 5.41) is 0. The van der Waals surface area contributed by atoms with Crippen molar-refractivity contribution in [2.75, 3.05) is 13.7 Å². The quantitative estimate of drug-likeness (QED) is 0.684. The highest BCUT2D eigenvalue weighted by molar-refractivity contribution is 5.82. The van der Waals surface area contributed by atoms with Crippen LogP contribution in [0.1, 0.15) is 66.7 Å². The molecule has 136 valence electrons. The molecular weight excluding hydrogens is 306 g/mol. The van der Waals surface area contributed by atoms with E-state index in [0.717, 1.165) is 6.42 Å².